The maximum atomic E-state index is 14.3. The molecule has 88 heavy (non-hydrogen) atoms. The molecule has 468 valence electrons. The van der Waals surface area contributed by atoms with Gasteiger partial charge in [-0.05, 0) is 76.6 Å². The van der Waals surface area contributed by atoms with Gasteiger partial charge in [0.05, 0.1) is 169 Å². The maximum Gasteiger partial charge on any atom is 0.330 e. The van der Waals surface area contributed by atoms with Crippen molar-refractivity contribution in [3.8, 4) is 21.9 Å². The molecular formula is C61H72ClN11O14S. The Hall–Kier alpha value is -7.79. The number of fused-ring (bicyclic) bond motifs is 6. The molecule has 2 N–H and O–H groups in total. The Balaban J connectivity index is 0.595. The number of ether oxygens (including phenoxy) is 9. The molecule has 7 heterocycles. The number of halogens is 1. The number of amides is 2. The van der Waals surface area contributed by atoms with Gasteiger partial charge in [-0.2, -0.15) is 0 Å². The molecule has 1 aliphatic heterocycles. The lowest BCUT2D eigenvalue weighted by atomic mass is 9.99. The summed E-state index contributed by atoms with van der Waals surface area (Å²) in [6.45, 7) is 14.6. The molecule has 0 saturated heterocycles. The van der Waals surface area contributed by atoms with E-state index in [2.05, 4.69) is 31.0 Å². The van der Waals surface area contributed by atoms with Crippen LogP contribution < -0.4 is 21.1 Å². The van der Waals surface area contributed by atoms with Gasteiger partial charge in [0.2, 0.25) is 5.91 Å². The van der Waals surface area contributed by atoms with E-state index in [0.717, 1.165) is 32.8 Å². The summed E-state index contributed by atoms with van der Waals surface area (Å²) in [6.07, 6.45) is 3.26. The molecule has 6 aromatic heterocycles. The van der Waals surface area contributed by atoms with Crippen molar-refractivity contribution in [1.29, 1.82) is 0 Å². The lowest BCUT2D eigenvalue weighted by Crippen LogP contribution is -2.35. The molecular weight excluding hydrogens is 1180 g/mol. The van der Waals surface area contributed by atoms with E-state index in [1.165, 1.54) is 23.0 Å². The first-order valence-electron chi connectivity index (χ1n) is 28.8. The van der Waals surface area contributed by atoms with Gasteiger partial charge in [0, 0.05) is 46.4 Å². The molecule has 0 aliphatic carbocycles. The summed E-state index contributed by atoms with van der Waals surface area (Å²) in [6, 6.07) is 15.4. The zero-order chi connectivity index (χ0) is 62.1. The van der Waals surface area contributed by atoms with Crippen LogP contribution in [-0.4, -0.2) is 182 Å². The quantitative estimate of drug-likeness (QED) is 0.0315. The van der Waals surface area contributed by atoms with Crippen LogP contribution in [0.4, 0.5) is 0 Å². The number of methoxy groups -OCH3 is 2. The number of benzene rings is 2. The minimum Gasteiger partial charge on any atom is -0.496 e. The highest BCUT2D eigenvalue weighted by Crippen LogP contribution is 2.42. The molecule has 27 heteroatoms. The van der Waals surface area contributed by atoms with Gasteiger partial charge in [0.1, 0.15) is 34.9 Å². The molecule has 0 fully saturated rings. The van der Waals surface area contributed by atoms with E-state index in [1.54, 1.807) is 36.2 Å². The average Bonchev–Trinajstić information content (AvgIpc) is 1.62. The third-order valence-electron chi connectivity index (χ3n) is 14.5. The van der Waals surface area contributed by atoms with Crippen molar-refractivity contribution in [2.24, 2.45) is 4.99 Å². The highest BCUT2D eigenvalue weighted by Gasteiger charge is 2.35. The third kappa shape index (κ3) is 15.5. The van der Waals surface area contributed by atoms with Crippen molar-refractivity contribution in [2.75, 3.05) is 120 Å². The topological polar surface area (TPSA) is 280 Å². The van der Waals surface area contributed by atoms with Crippen molar-refractivity contribution in [3.63, 3.8) is 0 Å². The molecule has 0 saturated carbocycles. The van der Waals surface area contributed by atoms with Gasteiger partial charge in [0.25, 0.3) is 5.91 Å². The van der Waals surface area contributed by atoms with E-state index >= 15 is 0 Å². The summed E-state index contributed by atoms with van der Waals surface area (Å²) in [4.78, 5) is 68.6. The van der Waals surface area contributed by atoms with Gasteiger partial charge < -0.3 is 57.8 Å². The van der Waals surface area contributed by atoms with Gasteiger partial charge >= 0.3 is 11.7 Å². The number of rotatable bonds is 34. The zero-order valence-corrected chi connectivity index (χ0v) is 51.8. The van der Waals surface area contributed by atoms with Crippen LogP contribution in [0, 0.1) is 27.7 Å². The second kappa shape index (κ2) is 31.4. The lowest BCUT2D eigenvalue weighted by Gasteiger charge is -2.15. The van der Waals surface area contributed by atoms with Gasteiger partial charge in [-0.15, -0.1) is 21.5 Å². The Morgan fingerprint density at radius 2 is 1.39 bits per heavy atom. The fraction of sp³-hybridized carbons (Fsp3) is 0.443. The van der Waals surface area contributed by atoms with E-state index in [4.69, 9.17) is 68.7 Å². The second-order valence-electron chi connectivity index (χ2n) is 20.3. The van der Waals surface area contributed by atoms with Gasteiger partial charge in [-0.25, -0.2) is 4.79 Å². The van der Waals surface area contributed by atoms with Crippen LogP contribution in [0.1, 0.15) is 80.6 Å². The highest BCUT2D eigenvalue weighted by molar-refractivity contribution is 7.17. The number of aryl methyl sites for hydroxylation is 3. The summed E-state index contributed by atoms with van der Waals surface area (Å²) in [5, 5.41) is 20.6. The highest BCUT2D eigenvalue weighted by atomic mass is 35.5. The number of carbonyl (C=O) groups excluding carboxylic acids is 3. The van der Waals surface area contributed by atoms with E-state index in [0.29, 0.717) is 151 Å². The molecule has 25 nitrogen and oxygen atoms in total. The number of nitrogens with one attached hydrogen (secondary N) is 2. The van der Waals surface area contributed by atoms with Crippen molar-refractivity contribution in [2.45, 2.75) is 59.7 Å². The first-order chi connectivity index (χ1) is 42.8. The van der Waals surface area contributed by atoms with E-state index in [1.807, 2.05) is 81.7 Å². The zero-order valence-electron chi connectivity index (χ0n) is 50.3. The minimum atomic E-state index is -0.673. The summed E-state index contributed by atoms with van der Waals surface area (Å²) < 4.78 is 60.7. The number of esters is 1. The number of imidazole rings is 1. The molecule has 1 aliphatic rings. The summed E-state index contributed by atoms with van der Waals surface area (Å²) in [5.74, 6) is 1.20. The van der Waals surface area contributed by atoms with Gasteiger partial charge in [-0.1, -0.05) is 35.0 Å². The van der Waals surface area contributed by atoms with Crippen LogP contribution >= 0.6 is 22.9 Å². The van der Waals surface area contributed by atoms with Crippen molar-refractivity contribution < 1.29 is 61.5 Å². The van der Waals surface area contributed by atoms with E-state index in [9.17, 15) is 19.2 Å². The number of nitrogens with zero attached hydrogens (tertiary/aromatic N) is 9. The van der Waals surface area contributed by atoms with Crippen LogP contribution in [0.25, 0.3) is 38.1 Å². The minimum absolute atomic E-state index is 0.0401. The Labute approximate surface area is 516 Å². The Bertz CT molecular complexity index is 3750. The number of aliphatic imine (C=N–C) groups is 1. The molecule has 2 atom stereocenters. The number of hydrogen-bond donors (Lipinski definition) is 2. The van der Waals surface area contributed by atoms with Crippen LogP contribution in [0.3, 0.4) is 0 Å². The molecule has 0 spiro atoms. The van der Waals surface area contributed by atoms with Crippen molar-refractivity contribution in [1.82, 2.24) is 49.7 Å². The first-order valence-corrected chi connectivity index (χ1v) is 30.0. The Morgan fingerprint density at radius 1 is 0.761 bits per heavy atom. The number of hydrogen-bond acceptors (Lipinski definition) is 21. The molecule has 0 bridgehead atoms. The summed E-state index contributed by atoms with van der Waals surface area (Å²) >= 11 is 7.54. The van der Waals surface area contributed by atoms with Crippen LogP contribution in [0.5, 0.6) is 5.75 Å². The van der Waals surface area contributed by atoms with E-state index in [-0.39, 0.29) is 56.8 Å². The maximum absolute atomic E-state index is 14.3. The summed E-state index contributed by atoms with van der Waals surface area (Å²) in [5.41, 5.74) is 7.12. The van der Waals surface area contributed by atoms with Crippen LogP contribution in [-0.2, 0) is 54.0 Å². The SMILES string of the molecule is COC(=O)C[C@@H]1N=C(c2ccc(Cl)cc2)c2c(sc(C(=O)NCCOCCOCCOCCOCCOCCOCCOCCNC(=O)Cn3c(=O)n(C(C)c4ccccn4)c4c5cc(OC)c(-c6c(C)noc6C)cc5ncc43)c2C)-n2c(C)nnc21. The molecule has 0 radical (unpaired) electrons. The number of carbonyl (C=O) groups is 3. The number of aromatic nitrogens is 8. The molecule has 1 unspecified atom stereocenters. The molecule has 2 amide bonds. The first kappa shape index (κ1) is 64.7. The standard InChI is InChI=1S/C61H72ClN11O14S/c1-37-53-55(42-11-13-43(62)14-12-42)67-48(34-52(75)79-7)58-69-68-41(5)73(58)60(53)88-57(37)59(76)65-17-19-81-21-23-83-25-27-85-29-31-86-30-28-84-26-24-82-22-20-80-18-16-64-51(74)36-71-49-35-66-47-32-45(54-38(2)70-87-40(54)4)50(78-6)33-44(47)56(49)72(61(71)77)39(3)46-10-8-9-15-63-46/h8-15,32-33,35,39,48H,16-31,34,36H2,1-7H3,(H,64,74)(H,65,76)/t39?,48-/m0/s1. The monoisotopic (exact) mass is 1250 g/mol. The third-order valence-corrected chi connectivity index (χ3v) is 16.0. The molecule has 9 rings (SSSR count). The summed E-state index contributed by atoms with van der Waals surface area (Å²) in [7, 11) is 2.91. The van der Waals surface area contributed by atoms with Crippen molar-refractivity contribution >= 4 is 68.4 Å². The van der Waals surface area contributed by atoms with E-state index < -0.39 is 18.1 Å². The van der Waals surface area contributed by atoms with Crippen LogP contribution in [0.15, 0.2) is 81.3 Å². The van der Waals surface area contributed by atoms with Crippen LogP contribution in [0.2, 0.25) is 5.02 Å². The molecule has 2 aromatic carbocycles. The number of thiophene rings is 1. The Morgan fingerprint density at radius 3 is 1.97 bits per heavy atom. The van der Waals surface area contributed by atoms with Gasteiger partial charge in [0.15, 0.2) is 5.82 Å². The predicted molar refractivity (Wildman–Crippen MR) is 327 cm³/mol. The molecule has 8 aromatic rings. The number of pyridine rings is 2. The fourth-order valence-electron chi connectivity index (χ4n) is 10.2. The lowest BCUT2D eigenvalue weighted by molar-refractivity contribution is -0.141. The van der Waals surface area contributed by atoms with Crippen molar-refractivity contribution in [3.05, 3.63) is 133 Å². The largest absolute Gasteiger partial charge is 0.496 e. The average molecular weight is 1250 g/mol. The normalized spacial score (nSPS) is 13.3. The second-order valence-corrected chi connectivity index (χ2v) is 21.7. The van der Waals surface area contributed by atoms with Gasteiger partial charge in [-0.3, -0.25) is 43.0 Å². The predicted octanol–water partition coefficient (Wildman–Crippen LogP) is 6.67. The Kier molecular flexibility index (Phi) is 23.1. The fourth-order valence-corrected chi connectivity index (χ4v) is 11.6. The smallest absolute Gasteiger partial charge is 0.330 e.